The van der Waals surface area contributed by atoms with E-state index in [0.717, 1.165) is 31.1 Å². The Kier molecular flexibility index (Phi) is 4.24. The van der Waals surface area contributed by atoms with Crippen LogP contribution < -0.4 is 5.32 Å². The summed E-state index contributed by atoms with van der Waals surface area (Å²) in [6.45, 7) is 3.09. The maximum atomic E-state index is 9.06. The van der Waals surface area contributed by atoms with Gasteiger partial charge in [0.15, 0.2) is 0 Å². The molecule has 0 bridgehead atoms. The lowest BCUT2D eigenvalue weighted by molar-refractivity contribution is -0.0554. The number of nitrogens with one attached hydrogen (secondary N) is 1. The molecule has 1 aliphatic heterocycles. The highest BCUT2D eigenvalue weighted by Crippen LogP contribution is 2.09. The van der Waals surface area contributed by atoms with Gasteiger partial charge in [-0.05, 0) is 0 Å². The van der Waals surface area contributed by atoms with Crippen molar-refractivity contribution in [3.63, 3.8) is 0 Å². The summed E-state index contributed by atoms with van der Waals surface area (Å²) in [5.41, 5.74) is 0.933. The van der Waals surface area contributed by atoms with Gasteiger partial charge in [-0.15, -0.1) is 0 Å². The molecule has 0 aromatic carbocycles. The Balaban J connectivity index is 1.90. The van der Waals surface area contributed by atoms with Gasteiger partial charge in [-0.3, -0.25) is 9.88 Å². The summed E-state index contributed by atoms with van der Waals surface area (Å²) in [5.74, 6) is 0.768. The lowest BCUT2D eigenvalue weighted by Gasteiger charge is -2.31. The van der Waals surface area contributed by atoms with Gasteiger partial charge in [-0.25, -0.2) is 4.98 Å². The first-order chi connectivity index (χ1) is 8.31. The van der Waals surface area contributed by atoms with Gasteiger partial charge < -0.3 is 15.2 Å². The minimum absolute atomic E-state index is 0.0703. The number of rotatable bonds is 4. The number of hydrogen-bond acceptors (Lipinski definition) is 6. The van der Waals surface area contributed by atoms with Crippen LogP contribution in [-0.4, -0.2) is 59.4 Å². The molecule has 1 atom stereocenters. The number of aliphatic hydroxyl groups excluding tert-OH is 1. The summed E-state index contributed by atoms with van der Waals surface area (Å²) < 4.78 is 5.39. The molecule has 1 aromatic rings. The molecule has 2 heterocycles. The van der Waals surface area contributed by atoms with Crippen molar-refractivity contribution in [1.82, 2.24) is 14.9 Å². The summed E-state index contributed by atoms with van der Waals surface area (Å²) in [7, 11) is 1.82. The average molecular weight is 238 g/mol. The number of aromatic nitrogens is 2. The maximum absolute atomic E-state index is 9.06. The minimum atomic E-state index is -0.0757. The third-order valence-corrected chi connectivity index (χ3v) is 2.77. The van der Waals surface area contributed by atoms with E-state index in [-0.39, 0.29) is 12.7 Å². The van der Waals surface area contributed by atoms with Crippen LogP contribution in [0.3, 0.4) is 0 Å². The molecule has 6 nitrogen and oxygen atoms in total. The fourth-order valence-electron chi connectivity index (χ4n) is 1.83. The second kappa shape index (κ2) is 5.90. The summed E-state index contributed by atoms with van der Waals surface area (Å²) in [4.78, 5) is 10.8. The van der Waals surface area contributed by atoms with Gasteiger partial charge in [0, 0.05) is 26.7 Å². The van der Waals surface area contributed by atoms with Crippen LogP contribution in [0.1, 0.15) is 5.69 Å². The van der Waals surface area contributed by atoms with Crippen molar-refractivity contribution >= 4 is 5.82 Å². The van der Waals surface area contributed by atoms with Crippen LogP contribution in [0.25, 0.3) is 0 Å². The monoisotopic (exact) mass is 238 g/mol. The van der Waals surface area contributed by atoms with Crippen molar-refractivity contribution in [2.75, 3.05) is 38.7 Å². The number of nitrogens with zero attached hydrogens (tertiary/aromatic N) is 3. The quantitative estimate of drug-likeness (QED) is 0.751. The summed E-state index contributed by atoms with van der Waals surface area (Å²) in [6.07, 6.45) is 3.42. The zero-order valence-corrected chi connectivity index (χ0v) is 9.96. The Morgan fingerprint density at radius 1 is 1.53 bits per heavy atom. The van der Waals surface area contributed by atoms with E-state index < -0.39 is 0 Å². The van der Waals surface area contributed by atoms with Crippen molar-refractivity contribution < 1.29 is 9.84 Å². The molecular formula is C11H18N4O2. The molecule has 6 heteroatoms. The van der Waals surface area contributed by atoms with Gasteiger partial charge in [0.05, 0.1) is 37.4 Å². The largest absolute Gasteiger partial charge is 0.394 e. The fourth-order valence-corrected chi connectivity index (χ4v) is 1.83. The second-order valence-corrected chi connectivity index (χ2v) is 4.05. The lowest BCUT2D eigenvalue weighted by Crippen LogP contribution is -2.43. The van der Waals surface area contributed by atoms with E-state index in [1.54, 1.807) is 12.4 Å². The normalized spacial score (nSPS) is 21.4. The van der Waals surface area contributed by atoms with E-state index in [0.29, 0.717) is 6.61 Å². The molecule has 0 saturated carbocycles. The maximum Gasteiger partial charge on any atom is 0.144 e. The third kappa shape index (κ3) is 3.36. The molecule has 1 saturated heterocycles. The first kappa shape index (κ1) is 12.2. The van der Waals surface area contributed by atoms with Crippen molar-refractivity contribution in [1.29, 1.82) is 0 Å². The predicted octanol–water partition coefficient (Wildman–Crippen LogP) is -0.289. The summed E-state index contributed by atoms with van der Waals surface area (Å²) >= 11 is 0. The fraction of sp³-hybridized carbons (Fsp3) is 0.636. The van der Waals surface area contributed by atoms with Gasteiger partial charge in [-0.2, -0.15) is 0 Å². The molecule has 1 unspecified atom stereocenters. The molecule has 1 aromatic heterocycles. The Labute approximate surface area is 101 Å². The third-order valence-electron chi connectivity index (χ3n) is 2.77. The molecule has 0 radical (unpaired) electrons. The van der Waals surface area contributed by atoms with Crippen LogP contribution in [0, 0.1) is 0 Å². The molecule has 17 heavy (non-hydrogen) atoms. The number of aliphatic hydroxyl groups is 1. The topological polar surface area (TPSA) is 70.5 Å². The Hall–Kier alpha value is -1.24. The highest BCUT2D eigenvalue weighted by molar-refractivity contribution is 5.29. The first-order valence-corrected chi connectivity index (χ1v) is 5.75. The average Bonchev–Trinajstić information content (AvgIpc) is 2.40. The Bertz CT molecular complexity index is 344. The van der Waals surface area contributed by atoms with Gasteiger partial charge >= 0.3 is 0 Å². The van der Waals surface area contributed by atoms with E-state index in [1.165, 1.54) is 0 Å². The minimum Gasteiger partial charge on any atom is -0.394 e. The molecule has 0 aliphatic carbocycles. The van der Waals surface area contributed by atoms with Crippen LogP contribution in [0.2, 0.25) is 0 Å². The van der Waals surface area contributed by atoms with Crippen LogP contribution in [-0.2, 0) is 11.3 Å². The Morgan fingerprint density at radius 2 is 2.41 bits per heavy atom. The number of ether oxygens (including phenoxy) is 1. The molecule has 1 aliphatic rings. The van der Waals surface area contributed by atoms with Crippen molar-refractivity contribution in [3.8, 4) is 0 Å². The van der Waals surface area contributed by atoms with Crippen molar-refractivity contribution in [2.45, 2.75) is 12.6 Å². The van der Waals surface area contributed by atoms with E-state index in [1.807, 2.05) is 7.05 Å². The van der Waals surface area contributed by atoms with E-state index in [2.05, 4.69) is 20.2 Å². The number of morpholine rings is 1. The number of hydrogen-bond donors (Lipinski definition) is 2. The molecule has 2 N–H and O–H groups in total. The molecular weight excluding hydrogens is 220 g/mol. The van der Waals surface area contributed by atoms with Gasteiger partial charge in [-0.1, -0.05) is 0 Å². The van der Waals surface area contributed by atoms with Gasteiger partial charge in [0.2, 0.25) is 0 Å². The van der Waals surface area contributed by atoms with E-state index in [9.17, 15) is 0 Å². The molecule has 0 amide bonds. The Morgan fingerprint density at radius 3 is 3.06 bits per heavy atom. The lowest BCUT2D eigenvalue weighted by atomic mass is 10.2. The predicted molar refractivity (Wildman–Crippen MR) is 63.7 cm³/mol. The summed E-state index contributed by atoms with van der Waals surface area (Å²) in [5, 5.41) is 12.0. The van der Waals surface area contributed by atoms with Crippen LogP contribution in [0.15, 0.2) is 12.4 Å². The van der Waals surface area contributed by atoms with Crippen LogP contribution in [0.4, 0.5) is 5.82 Å². The smallest absolute Gasteiger partial charge is 0.144 e. The zero-order valence-electron chi connectivity index (χ0n) is 9.96. The van der Waals surface area contributed by atoms with Crippen molar-refractivity contribution in [3.05, 3.63) is 18.1 Å². The van der Waals surface area contributed by atoms with Gasteiger partial charge in [0.25, 0.3) is 0 Å². The van der Waals surface area contributed by atoms with E-state index >= 15 is 0 Å². The zero-order chi connectivity index (χ0) is 12.1. The van der Waals surface area contributed by atoms with Crippen LogP contribution in [0.5, 0.6) is 0 Å². The highest BCUT2D eigenvalue weighted by atomic mass is 16.5. The van der Waals surface area contributed by atoms with Gasteiger partial charge in [0.1, 0.15) is 5.82 Å². The number of anilines is 1. The molecule has 94 valence electrons. The van der Waals surface area contributed by atoms with Crippen LogP contribution >= 0.6 is 0 Å². The highest BCUT2D eigenvalue weighted by Gasteiger charge is 2.19. The standard InChI is InChI=1S/C11H18N4O2/c1-12-11-5-13-9(4-14-11)6-15-2-3-17-10(7-15)8-16/h4-5,10,16H,2-3,6-8H2,1H3,(H,12,14). The second-order valence-electron chi connectivity index (χ2n) is 4.05. The molecule has 2 rings (SSSR count). The molecule has 1 fully saturated rings. The van der Waals surface area contributed by atoms with E-state index in [4.69, 9.17) is 9.84 Å². The first-order valence-electron chi connectivity index (χ1n) is 5.75. The SMILES string of the molecule is CNc1cnc(CN2CCOC(CO)C2)cn1. The van der Waals surface area contributed by atoms with Crippen molar-refractivity contribution in [2.24, 2.45) is 0 Å². The molecule has 0 spiro atoms. The summed E-state index contributed by atoms with van der Waals surface area (Å²) in [6, 6.07) is 0.